The number of para-hydroxylation sites is 1. The molecule has 1 atom stereocenters. The molecule has 0 fully saturated rings. The number of hydrogen-bond acceptors (Lipinski definition) is 4. The molecule has 4 aromatic rings. The maximum absolute atomic E-state index is 13.7. The van der Waals surface area contributed by atoms with E-state index >= 15 is 0 Å². The van der Waals surface area contributed by atoms with Crippen molar-refractivity contribution in [3.05, 3.63) is 136 Å². The van der Waals surface area contributed by atoms with Crippen LogP contribution >= 0.6 is 0 Å². The quantitative estimate of drug-likeness (QED) is 0.338. The molecule has 6 nitrogen and oxygen atoms in total. The van der Waals surface area contributed by atoms with Crippen LogP contribution in [0.15, 0.2) is 109 Å². The summed E-state index contributed by atoms with van der Waals surface area (Å²) in [6, 6.07) is 33.0. The molecule has 4 aromatic carbocycles. The van der Waals surface area contributed by atoms with Crippen molar-refractivity contribution >= 4 is 23.0 Å². The summed E-state index contributed by atoms with van der Waals surface area (Å²) in [5.74, 6) is -0.120. The van der Waals surface area contributed by atoms with Crippen LogP contribution < -0.4 is 10.2 Å². The van der Waals surface area contributed by atoms with Gasteiger partial charge in [-0.3, -0.25) is 19.8 Å². The van der Waals surface area contributed by atoms with E-state index < -0.39 is 10.6 Å². The van der Waals surface area contributed by atoms with E-state index in [1.807, 2.05) is 84.9 Å². The number of amides is 1. The number of nitro benzene ring substituents is 1. The number of non-ortho nitro benzene ring substituents is 1. The number of hydrogen-bond donors (Lipinski definition) is 1. The molecule has 0 saturated carbocycles. The lowest BCUT2D eigenvalue weighted by Crippen LogP contribution is -2.51. The number of anilines is 2. The zero-order valence-corrected chi connectivity index (χ0v) is 17.0. The second-order valence-corrected chi connectivity index (χ2v) is 7.53. The van der Waals surface area contributed by atoms with Crippen molar-refractivity contribution in [1.82, 2.24) is 0 Å². The van der Waals surface area contributed by atoms with Gasteiger partial charge in [-0.2, -0.15) is 0 Å². The fourth-order valence-corrected chi connectivity index (χ4v) is 4.30. The maximum atomic E-state index is 13.7. The summed E-state index contributed by atoms with van der Waals surface area (Å²) in [5, 5.41) is 14.7. The first kappa shape index (κ1) is 19.5. The highest BCUT2D eigenvalue weighted by Crippen LogP contribution is 2.47. The van der Waals surface area contributed by atoms with Crippen molar-refractivity contribution < 1.29 is 9.72 Å². The minimum Gasteiger partial charge on any atom is -0.355 e. The highest BCUT2D eigenvalue weighted by atomic mass is 16.6. The molecule has 32 heavy (non-hydrogen) atoms. The van der Waals surface area contributed by atoms with Crippen molar-refractivity contribution in [3.8, 4) is 0 Å². The number of carbonyl (C=O) groups is 1. The lowest BCUT2D eigenvalue weighted by molar-refractivity contribution is -0.384. The van der Waals surface area contributed by atoms with E-state index in [9.17, 15) is 14.9 Å². The molecular formula is C26H19N3O3. The number of carbonyl (C=O) groups excluding carboxylic acids is 1. The van der Waals surface area contributed by atoms with Gasteiger partial charge < -0.3 is 5.32 Å². The van der Waals surface area contributed by atoms with Crippen LogP contribution in [0.3, 0.4) is 0 Å². The molecule has 1 N–H and O–H groups in total. The third kappa shape index (κ3) is 3.01. The zero-order valence-electron chi connectivity index (χ0n) is 17.0. The summed E-state index contributed by atoms with van der Waals surface area (Å²) in [6.45, 7) is 0. The minimum absolute atomic E-state index is 0.00660. The molecule has 6 heteroatoms. The normalized spacial score (nSPS) is 17.1. The maximum Gasteiger partial charge on any atom is 0.269 e. The van der Waals surface area contributed by atoms with E-state index in [2.05, 4.69) is 5.32 Å². The van der Waals surface area contributed by atoms with Crippen LogP contribution in [0.2, 0.25) is 0 Å². The summed E-state index contributed by atoms with van der Waals surface area (Å²) in [6.07, 6.45) is 0. The van der Waals surface area contributed by atoms with Crippen LogP contribution in [0.5, 0.6) is 0 Å². The molecule has 0 aromatic heterocycles. The lowest BCUT2D eigenvalue weighted by Gasteiger charge is -2.41. The second kappa shape index (κ2) is 7.67. The largest absolute Gasteiger partial charge is 0.355 e. The van der Waals surface area contributed by atoms with E-state index in [1.165, 1.54) is 12.1 Å². The van der Waals surface area contributed by atoms with Crippen molar-refractivity contribution in [2.75, 3.05) is 10.2 Å². The second-order valence-electron chi connectivity index (χ2n) is 7.53. The summed E-state index contributed by atoms with van der Waals surface area (Å²) in [7, 11) is 0. The lowest BCUT2D eigenvalue weighted by atomic mass is 9.89. The molecule has 0 bridgehead atoms. The molecule has 156 valence electrons. The Morgan fingerprint density at radius 3 is 2.00 bits per heavy atom. The molecule has 1 heterocycles. The van der Waals surface area contributed by atoms with Gasteiger partial charge in [0.25, 0.3) is 11.6 Å². The van der Waals surface area contributed by atoms with E-state index in [0.717, 1.165) is 16.8 Å². The van der Waals surface area contributed by atoms with Gasteiger partial charge in [0.05, 0.1) is 4.92 Å². The fraction of sp³-hybridized carbons (Fsp3) is 0.0385. The van der Waals surface area contributed by atoms with Crippen LogP contribution in [0.25, 0.3) is 0 Å². The molecule has 0 aliphatic carbocycles. The molecule has 1 unspecified atom stereocenters. The zero-order chi connectivity index (χ0) is 22.1. The summed E-state index contributed by atoms with van der Waals surface area (Å²) in [4.78, 5) is 26.2. The molecule has 0 saturated heterocycles. The summed E-state index contributed by atoms with van der Waals surface area (Å²) >= 11 is 0. The van der Waals surface area contributed by atoms with Gasteiger partial charge in [0.1, 0.15) is 0 Å². The average Bonchev–Trinajstić information content (AvgIpc) is 3.09. The number of nitrogens with zero attached hydrogens (tertiary/aromatic N) is 2. The third-order valence-corrected chi connectivity index (χ3v) is 5.70. The standard InChI is InChI=1S/C26H19N3O3/c30-25-23-13-7-8-14-24(23)26(19-9-3-1-4-10-19,28(25)21-11-5-2-6-12-21)27-20-15-17-22(18-16-20)29(31)32/h1-18,27H. The van der Waals surface area contributed by atoms with Crippen molar-refractivity contribution in [2.24, 2.45) is 0 Å². The Kier molecular flexibility index (Phi) is 4.67. The highest BCUT2D eigenvalue weighted by molar-refractivity contribution is 6.13. The smallest absolute Gasteiger partial charge is 0.269 e. The first-order valence-electron chi connectivity index (χ1n) is 10.2. The monoisotopic (exact) mass is 421 g/mol. The Morgan fingerprint density at radius 2 is 1.34 bits per heavy atom. The van der Waals surface area contributed by atoms with E-state index in [4.69, 9.17) is 0 Å². The Labute approximate surface area is 184 Å². The first-order valence-corrected chi connectivity index (χ1v) is 10.2. The Hall–Kier alpha value is -4.45. The van der Waals surface area contributed by atoms with Gasteiger partial charge in [-0.15, -0.1) is 0 Å². The molecule has 0 spiro atoms. The van der Waals surface area contributed by atoms with E-state index in [-0.39, 0.29) is 11.6 Å². The number of nitro groups is 1. The number of benzene rings is 4. The van der Waals surface area contributed by atoms with Gasteiger partial charge in [-0.25, -0.2) is 0 Å². The number of rotatable bonds is 5. The molecule has 0 radical (unpaired) electrons. The van der Waals surface area contributed by atoms with Crippen molar-refractivity contribution in [1.29, 1.82) is 0 Å². The van der Waals surface area contributed by atoms with Gasteiger partial charge in [-0.05, 0) is 30.3 Å². The third-order valence-electron chi connectivity index (χ3n) is 5.70. The van der Waals surface area contributed by atoms with Crippen LogP contribution in [0.1, 0.15) is 21.5 Å². The van der Waals surface area contributed by atoms with Gasteiger partial charge in [0.15, 0.2) is 5.66 Å². The average molecular weight is 421 g/mol. The predicted octanol–water partition coefficient (Wildman–Crippen LogP) is 5.57. The minimum atomic E-state index is -1.04. The number of nitrogens with one attached hydrogen (secondary N) is 1. The molecule has 5 rings (SSSR count). The Balaban J connectivity index is 1.77. The van der Waals surface area contributed by atoms with Gasteiger partial charge in [0, 0.05) is 40.2 Å². The van der Waals surface area contributed by atoms with Crippen LogP contribution in [0.4, 0.5) is 17.1 Å². The molecule has 1 aliphatic rings. The summed E-state index contributed by atoms with van der Waals surface area (Å²) in [5.41, 5.74) is 2.67. The number of fused-ring (bicyclic) bond motifs is 1. The Morgan fingerprint density at radius 1 is 0.750 bits per heavy atom. The SMILES string of the molecule is O=C1c2ccccc2C(Nc2ccc([N+](=O)[O-])cc2)(c2ccccc2)N1c1ccccc1. The molecule has 1 aliphatic heterocycles. The van der Waals surface area contributed by atoms with Crippen molar-refractivity contribution in [2.45, 2.75) is 5.66 Å². The summed E-state index contributed by atoms with van der Waals surface area (Å²) < 4.78 is 0. The molecule has 1 amide bonds. The predicted molar refractivity (Wildman–Crippen MR) is 124 cm³/mol. The van der Waals surface area contributed by atoms with E-state index in [0.29, 0.717) is 11.3 Å². The molecular weight excluding hydrogens is 402 g/mol. The highest BCUT2D eigenvalue weighted by Gasteiger charge is 2.51. The fourth-order valence-electron chi connectivity index (χ4n) is 4.30. The topological polar surface area (TPSA) is 75.5 Å². The van der Waals surface area contributed by atoms with Gasteiger partial charge >= 0.3 is 0 Å². The van der Waals surface area contributed by atoms with E-state index in [1.54, 1.807) is 17.0 Å². The first-order chi connectivity index (χ1) is 15.6. The van der Waals surface area contributed by atoms with Crippen LogP contribution in [0, 0.1) is 10.1 Å². The van der Waals surface area contributed by atoms with Crippen LogP contribution in [-0.4, -0.2) is 10.8 Å². The Bertz CT molecular complexity index is 1290. The van der Waals surface area contributed by atoms with Crippen LogP contribution in [-0.2, 0) is 5.66 Å². The van der Waals surface area contributed by atoms with Gasteiger partial charge in [-0.1, -0.05) is 66.7 Å². The van der Waals surface area contributed by atoms with Gasteiger partial charge in [0.2, 0.25) is 0 Å². The van der Waals surface area contributed by atoms with Crippen molar-refractivity contribution in [3.63, 3.8) is 0 Å².